The number of carbonyl (C=O) groups excluding carboxylic acids is 2. The van der Waals surface area contributed by atoms with Crippen LogP contribution < -0.4 is 5.32 Å². The molecule has 0 radical (unpaired) electrons. The third-order valence-corrected chi connectivity index (χ3v) is 5.66. The van der Waals surface area contributed by atoms with Crippen LogP contribution in [0.25, 0.3) is 0 Å². The first-order valence-corrected chi connectivity index (χ1v) is 9.35. The number of carbonyl (C=O) groups is 2. The minimum atomic E-state index is -0.156. The summed E-state index contributed by atoms with van der Waals surface area (Å²) < 4.78 is 5.05. The van der Waals surface area contributed by atoms with Gasteiger partial charge in [0.15, 0.2) is 0 Å². The van der Waals surface area contributed by atoms with E-state index in [1.165, 1.54) is 0 Å². The molecule has 2 saturated heterocycles. The van der Waals surface area contributed by atoms with E-state index in [9.17, 15) is 9.59 Å². The van der Waals surface area contributed by atoms with Crippen molar-refractivity contribution >= 4 is 11.8 Å². The Balaban J connectivity index is 1.53. The molecule has 2 amide bonds. The summed E-state index contributed by atoms with van der Waals surface area (Å²) in [5.74, 6) is 0.205. The topological polar surface area (TPSA) is 61.9 Å². The van der Waals surface area contributed by atoms with E-state index >= 15 is 0 Å². The van der Waals surface area contributed by atoms with Gasteiger partial charge in [-0.2, -0.15) is 0 Å². The molecule has 0 saturated carbocycles. The molecule has 142 valence electrons. The molecule has 2 heterocycles. The van der Waals surface area contributed by atoms with E-state index in [2.05, 4.69) is 5.32 Å². The zero-order valence-corrected chi connectivity index (χ0v) is 15.7. The molecule has 0 aliphatic carbocycles. The number of methoxy groups -OCH3 is 1. The lowest BCUT2D eigenvalue weighted by atomic mass is 9.82. The van der Waals surface area contributed by atoms with Crippen LogP contribution >= 0.6 is 0 Å². The molecule has 0 bridgehead atoms. The smallest absolute Gasteiger partial charge is 0.236 e. The highest BCUT2D eigenvalue weighted by atomic mass is 16.5. The number of hydrogen-bond acceptors (Lipinski definition) is 4. The Hall–Kier alpha value is -1.92. The number of nitrogens with one attached hydrogen (secondary N) is 1. The van der Waals surface area contributed by atoms with Crippen molar-refractivity contribution in [3.05, 3.63) is 35.9 Å². The molecule has 3 rings (SSSR count). The Morgan fingerprint density at radius 1 is 1.31 bits per heavy atom. The van der Waals surface area contributed by atoms with Crippen molar-refractivity contribution in [3.8, 4) is 0 Å². The molecule has 6 nitrogen and oxygen atoms in total. The van der Waals surface area contributed by atoms with Crippen LogP contribution in [0.2, 0.25) is 0 Å². The van der Waals surface area contributed by atoms with Crippen molar-refractivity contribution < 1.29 is 14.3 Å². The van der Waals surface area contributed by atoms with Crippen LogP contribution in [0.1, 0.15) is 30.7 Å². The van der Waals surface area contributed by atoms with Gasteiger partial charge in [0.05, 0.1) is 19.1 Å². The van der Waals surface area contributed by atoms with E-state index in [-0.39, 0.29) is 23.3 Å². The van der Waals surface area contributed by atoms with Crippen molar-refractivity contribution in [2.45, 2.75) is 30.7 Å². The summed E-state index contributed by atoms with van der Waals surface area (Å²) in [6.45, 7) is 3.20. The fourth-order valence-corrected chi connectivity index (χ4v) is 4.01. The van der Waals surface area contributed by atoms with Crippen LogP contribution in [0.3, 0.4) is 0 Å². The SMILES string of the molecule is COCCN(C)CC(=O)N1CCC2(CC1)CC(c1ccccc1)C(=O)N2. The van der Waals surface area contributed by atoms with Crippen molar-refractivity contribution in [1.29, 1.82) is 0 Å². The Bertz CT molecular complexity index is 626. The van der Waals surface area contributed by atoms with E-state index in [0.29, 0.717) is 26.2 Å². The summed E-state index contributed by atoms with van der Waals surface area (Å²) in [6, 6.07) is 9.99. The van der Waals surface area contributed by atoms with Crippen LogP contribution in [0.4, 0.5) is 0 Å². The minimum absolute atomic E-state index is 0.0707. The molecule has 1 unspecified atom stereocenters. The lowest BCUT2D eigenvalue weighted by Gasteiger charge is -2.39. The van der Waals surface area contributed by atoms with Gasteiger partial charge in [0.1, 0.15) is 0 Å². The molecule has 1 spiro atoms. The molecule has 1 aromatic rings. The zero-order valence-electron chi connectivity index (χ0n) is 15.7. The summed E-state index contributed by atoms with van der Waals surface area (Å²) in [6.07, 6.45) is 2.48. The fraction of sp³-hybridized carbons (Fsp3) is 0.600. The van der Waals surface area contributed by atoms with Gasteiger partial charge in [-0.3, -0.25) is 14.5 Å². The van der Waals surface area contributed by atoms with Gasteiger partial charge in [0.25, 0.3) is 0 Å². The first-order chi connectivity index (χ1) is 12.5. The normalized spacial score (nSPS) is 22.0. The van der Waals surface area contributed by atoms with E-state index < -0.39 is 0 Å². The van der Waals surface area contributed by atoms with Gasteiger partial charge in [-0.05, 0) is 31.9 Å². The lowest BCUT2D eigenvalue weighted by molar-refractivity contribution is -0.133. The van der Waals surface area contributed by atoms with E-state index in [1.54, 1.807) is 7.11 Å². The minimum Gasteiger partial charge on any atom is -0.383 e. The Kier molecular flexibility index (Phi) is 5.94. The van der Waals surface area contributed by atoms with Crippen molar-refractivity contribution in [3.63, 3.8) is 0 Å². The Morgan fingerprint density at radius 2 is 2.00 bits per heavy atom. The zero-order chi connectivity index (χ0) is 18.6. The molecule has 2 fully saturated rings. The third-order valence-electron chi connectivity index (χ3n) is 5.66. The predicted octanol–water partition coefficient (Wildman–Crippen LogP) is 1.23. The van der Waals surface area contributed by atoms with Gasteiger partial charge >= 0.3 is 0 Å². The second-order valence-corrected chi connectivity index (χ2v) is 7.55. The van der Waals surface area contributed by atoms with Gasteiger partial charge < -0.3 is 15.0 Å². The molecule has 1 aromatic carbocycles. The van der Waals surface area contributed by atoms with Crippen LogP contribution in [0.5, 0.6) is 0 Å². The number of likely N-dealkylation sites (N-methyl/N-ethyl adjacent to an activating group) is 1. The summed E-state index contributed by atoms with van der Waals surface area (Å²) >= 11 is 0. The van der Waals surface area contributed by atoms with Gasteiger partial charge in [0, 0.05) is 32.3 Å². The molecule has 2 aliphatic rings. The van der Waals surface area contributed by atoms with Crippen LogP contribution in [-0.2, 0) is 14.3 Å². The summed E-state index contributed by atoms with van der Waals surface area (Å²) in [5, 5.41) is 3.24. The maximum absolute atomic E-state index is 12.5. The average Bonchev–Trinajstić information content (AvgIpc) is 2.97. The van der Waals surface area contributed by atoms with Gasteiger partial charge in [-0.25, -0.2) is 0 Å². The number of ether oxygens (including phenoxy) is 1. The number of amides is 2. The first-order valence-electron chi connectivity index (χ1n) is 9.35. The molecular weight excluding hydrogens is 330 g/mol. The summed E-state index contributed by atoms with van der Waals surface area (Å²) in [5.41, 5.74) is 0.927. The maximum atomic E-state index is 12.5. The number of rotatable bonds is 6. The van der Waals surface area contributed by atoms with Gasteiger partial charge in [-0.1, -0.05) is 30.3 Å². The van der Waals surface area contributed by atoms with E-state index in [4.69, 9.17) is 4.74 Å². The number of likely N-dealkylation sites (tertiary alicyclic amines) is 1. The molecule has 0 aromatic heterocycles. The molecular formula is C20H29N3O3. The maximum Gasteiger partial charge on any atom is 0.236 e. The van der Waals surface area contributed by atoms with Crippen LogP contribution in [-0.4, -0.2) is 74.1 Å². The average molecular weight is 359 g/mol. The highest BCUT2D eigenvalue weighted by Gasteiger charge is 2.46. The van der Waals surface area contributed by atoms with E-state index in [1.807, 2.05) is 47.2 Å². The lowest BCUT2D eigenvalue weighted by Crippen LogP contribution is -2.53. The monoisotopic (exact) mass is 359 g/mol. The van der Waals surface area contributed by atoms with Gasteiger partial charge in [-0.15, -0.1) is 0 Å². The van der Waals surface area contributed by atoms with E-state index in [0.717, 1.165) is 31.4 Å². The molecule has 2 aliphatic heterocycles. The fourth-order valence-electron chi connectivity index (χ4n) is 4.01. The number of piperidine rings is 1. The second kappa shape index (κ2) is 8.18. The summed E-state index contributed by atoms with van der Waals surface area (Å²) in [4.78, 5) is 28.9. The molecule has 26 heavy (non-hydrogen) atoms. The molecule has 1 atom stereocenters. The molecule has 6 heteroatoms. The van der Waals surface area contributed by atoms with Crippen molar-refractivity contribution in [2.75, 3.05) is 46.9 Å². The largest absolute Gasteiger partial charge is 0.383 e. The highest BCUT2D eigenvalue weighted by molar-refractivity contribution is 5.87. The van der Waals surface area contributed by atoms with Gasteiger partial charge in [0.2, 0.25) is 11.8 Å². The highest BCUT2D eigenvalue weighted by Crippen LogP contribution is 2.39. The standard InChI is InChI=1S/C20H29N3O3/c1-22(12-13-26-2)15-18(24)23-10-8-20(9-11-23)14-17(19(25)21-20)16-6-4-3-5-7-16/h3-7,17H,8-15H2,1-2H3,(H,21,25). The van der Waals surface area contributed by atoms with Crippen molar-refractivity contribution in [2.24, 2.45) is 0 Å². The predicted molar refractivity (Wildman–Crippen MR) is 99.9 cm³/mol. The summed E-state index contributed by atoms with van der Waals surface area (Å²) in [7, 11) is 3.60. The molecule has 1 N–H and O–H groups in total. The van der Waals surface area contributed by atoms with Crippen LogP contribution in [0.15, 0.2) is 30.3 Å². The number of hydrogen-bond donors (Lipinski definition) is 1. The number of benzene rings is 1. The van der Waals surface area contributed by atoms with Crippen LogP contribution in [0, 0.1) is 0 Å². The first kappa shape index (κ1) is 18.9. The quantitative estimate of drug-likeness (QED) is 0.830. The Labute approximate surface area is 155 Å². The Morgan fingerprint density at radius 3 is 2.65 bits per heavy atom. The third kappa shape index (κ3) is 4.24. The number of nitrogens with zero attached hydrogens (tertiary/aromatic N) is 2. The van der Waals surface area contributed by atoms with Crippen molar-refractivity contribution in [1.82, 2.24) is 15.1 Å². The second-order valence-electron chi connectivity index (χ2n) is 7.55.